The summed E-state index contributed by atoms with van der Waals surface area (Å²) in [6.45, 7) is 6.50. The molecule has 1 atom stereocenters. The van der Waals surface area contributed by atoms with E-state index >= 15 is 0 Å². The Morgan fingerprint density at radius 2 is 2.00 bits per heavy atom. The third-order valence-electron chi connectivity index (χ3n) is 3.73. The summed E-state index contributed by atoms with van der Waals surface area (Å²) in [5, 5.41) is 8.63. The Morgan fingerprint density at radius 1 is 1.27 bits per heavy atom. The topological polar surface area (TPSA) is 114 Å². The van der Waals surface area contributed by atoms with Gasteiger partial charge in [-0.2, -0.15) is 0 Å². The monoisotopic (exact) mass is 363 g/mol. The molecule has 3 N–H and O–H groups in total. The van der Waals surface area contributed by atoms with Crippen LogP contribution in [0.2, 0.25) is 0 Å². The van der Waals surface area contributed by atoms with Gasteiger partial charge in [-0.05, 0) is 12.3 Å². The molecule has 142 valence electrons. The van der Waals surface area contributed by atoms with Crippen molar-refractivity contribution in [3.8, 4) is 0 Å². The van der Waals surface area contributed by atoms with Crippen molar-refractivity contribution < 1.29 is 18.9 Å². The predicted octanol–water partition coefficient (Wildman–Crippen LogP) is -0.599. The lowest BCUT2D eigenvalue weighted by Gasteiger charge is -2.27. The third kappa shape index (κ3) is 7.07. The Hall–Kier alpha value is -2.04. The maximum Gasteiger partial charge on any atom is 0.480 e. The van der Waals surface area contributed by atoms with Gasteiger partial charge in [0, 0.05) is 38.7 Å². The van der Waals surface area contributed by atoms with E-state index < -0.39 is 13.0 Å². The summed E-state index contributed by atoms with van der Waals surface area (Å²) in [6.07, 6.45) is 4.96. The van der Waals surface area contributed by atoms with Crippen molar-refractivity contribution in [2.75, 3.05) is 32.8 Å². The number of hydrogen-bond acceptors (Lipinski definition) is 7. The molecule has 0 spiro atoms. The fourth-order valence-corrected chi connectivity index (χ4v) is 2.57. The highest BCUT2D eigenvalue weighted by molar-refractivity contribution is 6.47. The molecule has 0 bridgehead atoms. The van der Waals surface area contributed by atoms with Gasteiger partial charge < -0.3 is 25.3 Å². The Labute approximate surface area is 153 Å². The van der Waals surface area contributed by atoms with Crippen LogP contribution in [-0.4, -0.2) is 67.7 Å². The summed E-state index contributed by atoms with van der Waals surface area (Å²) in [4.78, 5) is 32.0. The smallest absolute Gasteiger partial charge is 0.408 e. The second-order valence-electron chi connectivity index (χ2n) is 6.44. The highest BCUT2D eigenvalue weighted by atomic mass is 16.6. The van der Waals surface area contributed by atoms with Gasteiger partial charge in [0.1, 0.15) is 5.69 Å². The van der Waals surface area contributed by atoms with E-state index in [1.165, 1.54) is 18.6 Å². The van der Waals surface area contributed by atoms with Gasteiger partial charge in [-0.25, -0.2) is 4.98 Å². The van der Waals surface area contributed by atoms with E-state index in [0.29, 0.717) is 25.6 Å². The van der Waals surface area contributed by atoms with Gasteiger partial charge in [0.15, 0.2) is 0 Å². The van der Waals surface area contributed by atoms with Gasteiger partial charge in [-0.1, -0.05) is 13.8 Å². The SMILES string of the molecule is CC(C)CC(NC(=O)CNC(=O)c1cnccn1)B1OCCNCCO1. The highest BCUT2D eigenvalue weighted by Crippen LogP contribution is 2.10. The zero-order valence-corrected chi connectivity index (χ0v) is 15.2. The first-order valence-corrected chi connectivity index (χ1v) is 8.83. The summed E-state index contributed by atoms with van der Waals surface area (Å²) >= 11 is 0. The molecular formula is C16H26BN5O4. The van der Waals surface area contributed by atoms with Gasteiger partial charge in [0.2, 0.25) is 5.91 Å². The lowest BCUT2D eigenvalue weighted by molar-refractivity contribution is -0.120. The van der Waals surface area contributed by atoms with E-state index in [1.54, 1.807) is 0 Å². The Morgan fingerprint density at radius 3 is 2.62 bits per heavy atom. The van der Waals surface area contributed by atoms with E-state index in [9.17, 15) is 9.59 Å². The quantitative estimate of drug-likeness (QED) is 0.554. The summed E-state index contributed by atoms with van der Waals surface area (Å²) in [7, 11) is -0.501. The van der Waals surface area contributed by atoms with Crippen LogP contribution in [-0.2, 0) is 14.1 Å². The fraction of sp³-hybridized carbons (Fsp3) is 0.625. The number of carbonyl (C=O) groups excluding carboxylic acids is 2. The van der Waals surface area contributed by atoms with Crippen molar-refractivity contribution >= 4 is 18.9 Å². The average Bonchev–Trinajstić information content (AvgIpc) is 2.59. The third-order valence-corrected chi connectivity index (χ3v) is 3.73. The summed E-state index contributed by atoms with van der Waals surface area (Å²) in [6, 6.07) is 0. The molecule has 2 rings (SSSR count). The van der Waals surface area contributed by atoms with E-state index in [-0.39, 0.29) is 24.1 Å². The van der Waals surface area contributed by atoms with Crippen LogP contribution in [0, 0.1) is 5.92 Å². The fourth-order valence-electron chi connectivity index (χ4n) is 2.57. The van der Waals surface area contributed by atoms with Crippen molar-refractivity contribution in [1.29, 1.82) is 0 Å². The standard InChI is InChI=1S/C16H26BN5O4/c1-12(2)9-14(17-25-7-5-18-6-8-26-17)22-15(23)11-21-16(24)13-10-19-3-4-20-13/h3-4,10,12,14,18H,5-9,11H2,1-2H3,(H,21,24)(H,22,23). The molecule has 1 aromatic rings. The zero-order chi connectivity index (χ0) is 18.8. The Balaban J connectivity index is 1.87. The molecule has 26 heavy (non-hydrogen) atoms. The van der Waals surface area contributed by atoms with Crippen LogP contribution >= 0.6 is 0 Å². The predicted molar refractivity (Wildman–Crippen MR) is 96.3 cm³/mol. The molecule has 2 heterocycles. The maximum atomic E-state index is 12.3. The van der Waals surface area contributed by atoms with Crippen LogP contribution in [0.15, 0.2) is 18.6 Å². The first kappa shape index (κ1) is 20.3. The summed E-state index contributed by atoms with van der Waals surface area (Å²) in [5.41, 5.74) is 0.165. The van der Waals surface area contributed by atoms with Crippen molar-refractivity contribution in [2.45, 2.75) is 26.2 Å². The summed E-state index contributed by atoms with van der Waals surface area (Å²) < 4.78 is 11.5. The number of rotatable bonds is 7. The second kappa shape index (κ2) is 10.8. The molecule has 9 nitrogen and oxygen atoms in total. The van der Waals surface area contributed by atoms with Crippen LogP contribution in [0.25, 0.3) is 0 Å². The molecule has 1 unspecified atom stereocenters. The minimum atomic E-state index is -0.501. The summed E-state index contributed by atoms with van der Waals surface area (Å²) in [5.74, 6) is -0.683. The van der Waals surface area contributed by atoms with Crippen molar-refractivity contribution in [2.24, 2.45) is 5.92 Å². The van der Waals surface area contributed by atoms with Crippen LogP contribution in [0.4, 0.5) is 0 Å². The van der Waals surface area contributed by atoms with Gasteiger partial charge in [0.25, 0.3) is 5.91 Å². The van der Waals surface area contributed by atoms with E-state index in [1.807, 2.05) is 0 Å². The van der Waals surface area contributed by atoms with Gasteiger partial charge >= 0.3 is 7.12 Å². The van der Waals surface area contributed by atoms with Crippen LogP contribution in [0.3, 0.4) is 0 Å². The number of carbonyl (C=O) groups is 2. The number of hydrogen-bond donors (Lipinski definition) is 3. The van der Waals surface area contributed by atoms with E-state index in [0.717, 1.165) is 13.1 Å². The van der Waals surface area contributed by atoms with E-state index in [2.05, 4.69) is 39.8 Å². The molecule has 1 aromatic heterocycles. The molecule has 1 saturated heterocycles. The molecule has 10 heteroatoms. The maximum absolute atomic E-state index is 12.3. The molecular weight excluding hydrogens is 337 g/mol. The van der Waals surface area contributed by atoms with Crippen molar-refractivity contribution in [1.82, 2.24) is 25.9 Å². The highest BCUT2D eigenvalue weighted by Gasteiger charge is 2.33. The minimum absolute atomic E-state index is 0.154. The lowest BCUT2D eigenvalue weighted by atomic mass is 9.73. The Kier molecular flexibility index (Phi) is 8.46. The van der Waals surface area contributed by atoms with Crippen molar-refractivity contribution in [3.05, 3.63) is 24.3 Å². The number of aromatic nitrogens is 2. The van der Waals surface area contributed by atoms with Gasteiger partial charge in [0.05, 0.1) is 18.7 Å². The normalized spacial score (nSPS) is 16.5. The molecule has 2 amide bonds. The van der Waals surface area contributed by atoms with Crippen LogP contribution in [0.1, 0.15) is 30.8 Å². The van der Waals surface area contributed by atoms with Gasteiger partial charge in [-0.15, -0.1) is 0 Å². The van der Waals surface area contributed by atoms with Crippen LogP contribution < -0.4 is 16.0 Å². The first-order valence-electron chi connectivity index (χ1n) is 8.83. The minimum Gasteiger partial charge on any atom is -0.408 e. The van der Waals surface area contributed by atoms with Gasteiger partial charge in [-0.3, -0.25) is 14.6 Å². The van der Waals surface area contributed by atoms with Crippen LogP contribution in [0.5, 0.6) is 0 Å². The molecule has 0 radical (unpaired) electrons. The first-order chi connectivity index (χ1) is 12.6. The molecule has 1 aliphatic heterocycles. The Bertz CT molecular complexity index is 567. The van der Waals surface area contributed by atoms with Crippen molar-refractivity contribution in [3.63, 3.8) is 0 Å². The average molecular weight is 363 g/mol. The lowest BCUT2D eigenvalue weighted by Crippen LogP contribution is -2.53. The molecule has 0 aromatic carbocycles. The number of nitrogens with zero attached hydrogens (tertiary/aromatic N) is 2. The zero-order valence-electron chi connectivity index (χ0n) is 15.2. The molecule has 1 aliphatic rings. The molecule has 0 aliphatic carbocycles. The molecule has 0 saturated carbocycles. The second-order valence-corrected chi connectivity index (χ2v) is 6.44. The molecule has 1 fully saturated rings. The van der Waals surface area contributed by atoms with E-state index in [4.69, 9.17) is 9.31 Å². The number of amides is 2. The number of nitrogens with one attached hydrogen (secondary N) is 3. The largest absolute Gasteiger partial charge is 0.480 e.